The maximum atomic E-state index is 11.7. The lowest BCUT2D eigenvalue weighted by molar-refractivity contribution is 0.0887. The third kappa shape index (κ3) is 3.92. The van der Waals surface area contributed by atoms with Gasteiger partial charge in [0.25, 0.3) is 0 Å². The van der Waals surface area contributed by atoms with E-state index in [0.717, 1.165) is 26.2 Å². The lowest BCUT2D eigenvalue weighted by Crippen LogP contribution is -2.54. The zero-order valence-corrected chi connectivity index (χ0v) is 13.1. The van der Waals surface area contributed by atoms with E-state index in [-0.39, 0.29) is 6.04 Å². The monoisotopic (exact) mass is 288 g/mol. The molecule has 2 aliphatic heterocycles. The molecule has 0 spiro atoms. The molecule has 2 atom stereocenters. The third-order valence-corrected chi connectivity index (χ3v) is 6.48. The van der Waals surface area contributed by atoms with E-state index in [0.29, 0.717) is 16.9 Å². The topological polar surface area (TPSA) is 49.4 Å². The smallest absolute Gasteiger partial charge is 0.153 e. The molecule has 0 bridgehead atoms. The van der Waals surface area contributed by atoms with Crippen LogP contribution in [0.1, 0.15) is 39.5 Å². The molecule has 2 unspecified atom stereocenters. The third-order valence-electron chi connectivity index (χ3n) is 4.69. The van der Waals surface area contributed by atoms with Crippen molar-refractivity contribution in [3.63, 3.8) is 0 Å². The molecular formula is C14H28N2O2S. The van der Waals surface area contributed by atoms with Crippen LogP contribution in [0.2, 0.25) is 0 Å². The molecule has 2 heterocycles. The number of hydrogen-bond acceptors (Lipinski definition) is 4. The van der Waals surface area contributed by atoms with E-state index in [1.807, 2.05) is 0 Å². The molecule has 2 fully saturated rings. The van der Waals surface area contributed by atoms with Crippen LogP contribution in [0.15, 0.2) is 0 Å². The summed E-state index contributed by atoms with van der Waals surface area (Å²) in [6.07, 6.45) is 4.99. The second kappa shape index (κ2) is 6.10. The molecule has 0 aliphatic carbocycles. The first-order valence-corrected chi connectivity index (χ1v) is 9.44. The van der Waals surface area contributed by atoms with E-state index in [9.17, 15) is 8.42 Å². The Morgan fingerprint density at radius 3 is 2.79 bits per heavy atom. The summed E-state index contributed by atoms with van der Waals surface area (Å²) >= 11 is 0. The zero-order chi connectivity index (χ0) is 13.9. The Balaban J connectivity index is 2.01. The standard InChI is InChI=1S/C14H28N2O2S/c1-3-5-14(6-4-7-15-11-14)12-16-8-9-19(17,18)10-13(16)2/h13,15H,3-12H2,1-2H3. The summed E-state index contributed by atoms with van der Waals surface area (Å²) in [6, 6.07) is 0.175. The van der Waals surface area contributed by atoms with Crippen LogP contribution in [0.5, 0.6) is 0 Å². The number of sulfone groups is 1. The van der Waals surface area contributed by atoms with Gasteiger partial charge in [-0.2, -0.15) is 0 Å². The summed E-state index contributed by atoms with van der Waals surface area (Å²) in [6.45, 7) is 8.32. The lowest BCUT2D eigenvalue weighted by Gasteiger charge is -2.44. The molecule has 5 heteroatoms. The minimum absolute atomic E-state index is 0.175. The molecule has 2 aliphatic rings. The minimum atomic E-state index is -2.80. The summed E-state index contributed by atoms with van der Waals surface area (Å²) in [7, 11) is -2.80. The first-order chi connectivity index (χ1) is 8.96. The van der Waals surface area contributed by atoms with Crippen molar-refractivity contribution >= 4 is 9.84 Å². The van der Waals surface area contributed by atoms with Gasteiger partial charge >= 0.3 is 0 Å². The Morgan fingerprint density at radius 1 is 1.42 bits per heavy atom. The Hall–Kier alpha value is -0.130. The van der Waals surface area contributed by atoms with Gasteiger partial charge in [-0.05, 0) is 38.1 Å². The van der Waals surface area contributed by atoms with Gasteiger partial charge in [0.1, 0.15) is 0 Å². The molecule has 0 aromatic rings. The Morgan fingerprint density at radius 2 is 2.21 bits per heavy atom. The average Bonchev–Trinajstić information content (AvgIpc) is 2.34. The highest BCUT2D eigenvalue weighted by Gasteiger charge is 2.37. The van der Waals surface area contributed by atoms with Crippen LogP contribution < -0.4 is 5.32 Å². The van der Waals surface area contributed by atoms with E-state index in [1.165, 1.54) is 25.7 Å². The maximum absolute atomic E-state index is 11.7. The van der Waals surface area contributed by atoms with Gasteiger partial charge < -0.3 is 5.32 Å². The van der Waals surface area contributed by atoms with Crippen LogP contribution in [0.25, 0.3) is 0 Å². The van der Waals surface area contributed by atoms with Crippen molar-refractivity contribution in [2.24, 2.45) is 5.41 Å². The van der Waals surface area contributed by atoms with Gasteiger partial charge in [0.2, 0.25) is 0 Å². The lowest BCUT2D eigenvalue weighted by atomic mass is 9.76. The summed E-state index contributed by atoms with van der Waals surface area (Å²) in [5.41, 5.74) is 0.363. The fourth-order valence-corrected chi connectivity index (χ4v) is 5.31. The van der Waals surface area contributed by atoms with Crippen LogP contribution in [-0.2, 0) is 9.84 Å². The summed E-state index contributed by atoms with van der Waals surface area (Å²) in [5, 5.41) is 3.54. The van der Waals surface area contributed by atoms with Crippen molar-refractivity contribution in [1.29, 1.82) is 0 Å². The molecular weight excluding hydrogens is 260 g/mol. The van der Waals surface area contributed by atoms with Gasteiger partial charge in [0.05, 0.1) is 11.5 Å². The van der Waals surface area contributed by atoms with Gasteiger partial charge in [-0.15, -0.1) is 0 Å². The Kier molecular flexibility index (Phi) is 4.90. The maximum Gasteiger partial charge on any atom is 0.153 e. The van der Waals surface area contributed by atoms with Crippen LogP contribution in [0.4, 0.5) is 0 Å². The highest BCUT2D eigenvalue weighted by Crippen LogP contribution is 2.33. The SMILES string of the molecule is CCCC1(CN2CCS(=O)(=O)CC2C)CCCNC1. The molecule has 0 amide bonds. The van der Waals surface area contributed by atoms with Crippen molar-refractivity contribution in [2.75, 3.05) is 37.7 Å². The number of nitrogens with one attached hydrogen (secondary N) is 1. The molecule has 4 nitrogen and oxygen atoms in total. The van der Waals surface area contributed by atoms with Gasteiger partial charge in [0.15, 0.2) is 9.84 Å². The van der Waals surface area contributed by atoms with Gasteiger partial charge in [0, 0.05) is 25.7 Å². The van der Waals surface area contributed by atoms with Crippen LogP contribution in [0, 0.1) is 5.41 Å². The minimum Gasteiger partial charge on any atom is -0.316 e. The molecule has 2 rings (SSSR count). The van der Waals surface area contributed by atoms with E-state index in [2.05, 4.69) is 24.1 Å². The van der Waals surface area contributed by atoms with Crippen molar-refractivity contribution in [2.45, 2.75) is 45.6 Å². The van der Waals surface area contributed by atoms with Crippen LogP contribution >= 0.6 is 0 Å². The highest BCUT2D eigenvalue weighted by atomic mass is 32.2. The van der Waals surface area contributed by atoms with E-state index in [1.54, 1.807) is 0 Å². The summed E-state index contributed by atoms with van der Waals surface area (Å²) < 4.78 is 23.3. The molecule has 1 N–H and O–H groups in total. The molecule has 0 aromatic heterocycles. The Bertz CT molecular complexity index is 383. The average molecular weight is 288 g/mol. The van der Waals surface area contributed by atoms with E-state index in [4.69, 9.17) is 0 Å². The normalized spacial score (nSPS) is 36.2. The van der Waals surface area contributed by atoms with Crippen LogP contribution in [0.3, 0.4) is 0 Å². The largest absolute Gasteiger partial charge is 0.316 e. The van der Waals surface area contributed by atoms with E-state index >= 15 is 0 Å². The highest BCUT2D eigenvalue weighted by molar-refractivity contribution is 7.91. The predicted molar refractivity (Wildman–Crippen MR) is 79.1 cm³/mol. The quantitative estimate of drug-likeness (QED) is 0.846. The van der Waals surface area contributed by atoms with E-state index < -0.39 is 9.84 Å². The second-order valence-electron chi connectivity index (χ2n) is 6.46. The Labute approximate surface area is 117 Å². The van der Waals surface area contributed by atoms with Crippen molar-refractivity contribution < 1.29 is 8.42 Å². The fraction of sp³-hybridized carbons (Fsp3) is 1.00. The summed E-state index contributed by atoms with van der Waals surface area (Å²) in [4.78, 5) is 2.41. The van der Waals surface area contributed by atoms with Crippen molar-refractivity contribution in [3.8, 4) is 0 Å². The first-order valence-electron chi connectivity index (χ1n) is 7.62. The zero-order valence-electron chi connectivity index (χ0n) is 12.3. The van der Waals surface area contributed by atoms with Crippen molar-refractivity contribution in [3.05, 3.63) is 0 Å². The fourth-order valence-electron chi connectivity index (χ4n) is 3.69. The number of hydrogen-bond donors (Lipinski definition) is 1. The predicted octanol–water partition coefficient (Wildman–Crippen LogP) is 1.28. The van der Waals surface area contributed by atoms with Crippen LogP contribution in [-0.4, -0.2) is 57.0 Å². The van der Waals surface area contributed by atoms with Gasteiger partial charge in [-0.1, -0.05) is 13.3 Å². The second-order valence-corrected chi connectivity index (χ2v) is 8.69. The van der Waals surface area contributed by atoms with Crippen molar-refractivity contribution in [1.82, 2.24) is 10.2 Å². The summed E-state index contributed by atoms with van der Waals surface area (Å²) in [5.74, 6) is 0.676. The van der Waals surface area contributed by atoms with Gasteiger partial charge in [-0.25, -0.2) is 8.42 Å². The van der Waals surface area contributed by atoms with Gasteiger partial charge in [-0.3, -0.25) is 4.90 Å². The molecule has 2 saturated heterocycles. The molecule has 0 radical (unpaired) electrons. The molecule has 0 saturated carbocycles. The number of rotatable bonds is 4. The number of nitrogens with zero attached hydrogens (tertiary/aromatic N) is 1. The molecule has 19 heavy (non-hydrogen) atoms. The molecule has 0 aromatic carbocycles. The number of piperidine rings is 1. The molecule has 112 valence electrons. The first kappa shape index (κ1) is 15.3.